The molecule has 1 atom stereocenters. The minimum absolute atomic E-state index is 0.440. The summed E-state index contributed by atoms with van der Waals surface area (Å²) in [5, 5.41) is 3.71. The largest absolute Gasteiger partial charge is 0.306 e. The maximum Gasteiger partial charge on any atom is 0.0320 e. The molecule has 1 heteroatoms. The highest BCUT2D eigenvalue weighted by Crippen LogP contribution is 2.40. The van der Waals surface area contributed by atoms with Crippen molar-refractivity contribution in [1.29, 1.82) is 0 Å². The quantitative estimate of drug-likeness (QED) is 0.774. The van der Waals surface area contributed by atoms with Crippen molar-refractivity contribution in [3.63, 3.8) is 0 Å². The van der Waals surface area contributed by atoms with Gasteiger partial charge in [-0.25, -0.2) is 0 Å². The SMILES string of the molecule is CCC(NCc1cccc(C2CC2)c1)c1ccc(C)cc1. The van der Waals surface area contributed by atoms with Crippen LogP contribution in [0.3, 0.4) is 0 Å². The Balaban J connectivity index is 1.64. The van der Waals surface area contributed by atoms with Gasteiger partial charge in [-0.05, 0) is 48.8 Å². The summed E-state index contributed by atoms with van der Waals surface area (Å²) >= 11 is 0. The zero-order valence-corrected chi connectivity index (χ0v) is 13.1. The molecule has 1 unspecified atom stereocenters. The zero-order chi connectivity index (χ0) is 14.7. The van der Waals surface area contributed by atoms with E-state index in [9.17, 15) is 0 Å². The Bertz CT molecular complexity index is 581. The highest BCUT2D eigenvalue weighted by Gasteiger charge is 2.23. The molecule has 2 aromatic carbocycles. The summed E-state index contributed by atoms with van der Waals surface area (Å²) in [6.45, 7) is 5.34. The van der Waals surface area contributed by atoms with Gasteiger partial charge < -0.3 is 5.32 Å². The molecule has 0 amide bonds. The lowest BCUT2D eigenvalue weighted by Gasteiger charge is -2.18. The summed E-state index contributed by atoms with van der Waals surface area (Å²) in [5.41, 5.74) is 5.65. The van der Waals surface area contributed by atoms with E-state index in [0.717, 1.165) is 18.9 Å². The smallest absolute Gasteiger partial charge is 0.0320 e. The van der Waals surface area contributed by atoms with E-state index in [1.54, 1.807) is 0 Å². The van der Waals surface area contributed by atoms with Gasteiger partial charge in [0.15, 0.2) is 0 Å². The molecule has 0 aromatic heterocycles. The lowest BCUT2D eigenvalue weighted by Crippen LogP contribution is -2.20. The van der Waals surface area contributed by atoms with Crippen molar-refractivity contribution in [3.8, 4) is 0 Å². The first-order valence-electron chi connectivity index (χ1n) is 8.15. The third-order valence-corrected chi connectivity index (χ3v) is 4.44. The number of hydrogen-bond acceptors (Lipinski definition) is 1. The number of nitrogens with one attached hydrogen (secondary N) is 1. The molecular weight excluding hydrogens is 254 g/mol. The van der Waals surface area contributed by atoms with Gasteiger partial charge in [-0.15, -0.1) is 0 Å². The van der Waals surface area contributed by atoms with Gasteiger partial charge in [0.2, 0.25) is 0 Å². The summed E-state index contributed by atoms with van der Waals surface area (Å²) in [5.74, 6) is 0.837. The number of benzene rings is 2. The number of hydrogen-bond donors (Lipinski definition) is 1. The van der Waals surface area contributed by atoms with Crippen molar-refractivity contribution in [3.05, 3.63) is 70.8 Å². The standard InChI is InChI=1S/C20H25N/c1-3-20(18-9-7-15(2)8-10-18)21-14-16-5-4-6-19(13-16)17-11-12-17/h4-10,13,17,20-21H,3,11-12,14H2,1-2H3. The van der Waals surface area contributed by atoms with Crippen LogP contribution in [-0.2, 0) is 6.54 Å². The fourth-order valence-corrected chi connectivity index (χ4v) is 2.91. The molecule has 0 aliphatic heterocycles. The highest BCUT2D eigenvalue weighted by molar-refractivity contribution is 5.29. The molecule has 1 fully saturated rings. The van der Waals surface area contributed by atoms with Gasteiger partial charge in [0.1, 0.15) is 0 Å². The Morgan fingerprint density at radius 2 is 1.86 bits per heavy atom. The maximum atomic E-state index is 3.71. The van der Waals surface area contributed by atoms with Crippen molar-refractivity contribution in [2.24, 2.45) is 0 Å². The Labute approximate surface area is 128 Å². The van der Waals surface area contributed by atoms with Gasteiger partial charge in [-0.1, -0.05) is 61.0 Å². The van der Waals surface area contributed by atoms with Crippen LogP contribution >= 0.6 is 0 Å². The molecule has 110 valence electrons. The van der Waals surface area contributed by atoms with Gasteiger partial charge in [0.25, 0.3) is 0 Å². The molecule has 1 aliphatic carbocycles. The van der Waals surface area contributed by atoms with Crippen LogP contribution in [0.5, 0.6) is 0 Å². The van der Waals surface area contributed by atoms with Crippen LogP contribution in [-0.4, -0.2) is 0 Å². The Morgan fingerprint density at radius 3 is 2.52 bits per heavy atom. The van der Waals surface area contributed by atoms with Crippen molar-refractivity contribution < 1.29 is 0 Å². The Morgan fingerprint density at radius 1 is 1.10 bits per heavy atom. The minimum Gasteiger partial charge on any atom is -0.306 e. The monoisotopic (exact) mass is 279 g/mol. The molecule has 21 heavy (non-hydrogen) atoms. The van der Waals surface area contributed by atoms with E-state index in [0.29, 0.717) is 6.04 Å². The summed E-state index contributed by atoms with van der Waals surface area (Å²) < 4.78 is 0. The van der Waals surface area contributed by atoms with Crippen LogP contribution < -0.4 is 5.32 Å². The van der Waals surface area contributed by atoms with Crippen molar-refractivity contribution in [2.75, 3.05) is 0 Å². The lowest BCUT2D eigenvalue weighted by atomic mass is 10.0. The van der Waals surface area contributed by atoms with Gasteiger partial charge >= 0.3 is 0 Å². The third kappa shape index (κ3) is 3.74. The first kappa shape index (κ1) is 14.3. The van der Waals surface area contributed by atoms with E-state index in [2.05, 4.69) is 67.7 Å². The molecular formula is C20H25N. The van der Waals surface area contributed by atoms with Crippen molar-refractivity contribution >= 4 is 0 Å². The molecule has 0 bridgehead atoms. The fourth-order valence-electron chi connectivity index (χ4n) is 2.91. The predicted octanol–water partition coefficient (Wildman–Crippen LogP) is 5.11. The normalized spacial score (nSPS) is 15.9. The van der Waals surface area contributed by atoms with Gasteiger partial charge in [-0.2, -0.15) is 0 Å². The summed E-state index contributed by atoms with van der Waals surface area (Å²) in [4.78, 5) is 0. The maximum absolute atomic E-state index is 3.71. The van der Waals surface area contributed by atoms with Crippen LogP contribution in [0.15, 0.2) is 48.5 Å². The first-order valence-corrected chi connectivity index (χ1v) is 8.15. The molecule has 0 saturated heterocycles. The minimum atomic E-state index is 0.440. The van der Waals surface area contributed by atoms with Crippen LogP contribution in [0.4, 0.5) is 0 Å². The van der Waals surface area contributed by atoms with Gasteiger partial charge in [-0.3, -0.25) is 0 Å². The first-order chi connectivity index (χ1) is 10.3. The van der Waals surface area contributed by atoms with Crippen LogP contribution in [0, 0.1) is 6.92 Å². The molecule has 1 nitrogen and oxygen atoms in total. The Hall–Kier alpha value is -1.60. The second-order valence-corrected chi connectivity index (χ2v) is 6.27. The second kappa shape index (κ2) is 6.44. The van der Waals surface area contributed by atoms with Crippen molar-refractivity contribution in [2.45, 2.75) is 51.6 Å². The van der Waals surface area contributed by atoms with Crippen molar-refractivity contribution in [1.82, 2.24) is 5.32 Å². The number of aryl methyl sites for hydroxylation is 1. The van der Waals surface area contributed by atoms with E-state index in [-0.39, 0.29) is 0 Å². The topological polar surface area (TPSA) is 12.0 Å². The van der Waals surface area contributed by atoms with Gasteiger partial charge in [0, 0.05) is 12.6 Å². The molecule has 2 aromatic rings. The fraction of sp³-hybridized carbons (Fsp3) is 0.400. The van der Waals surface area contributed by atoms with E-state index in [1.807, 2.05) is 0 Å². The van der Waals surface area contributed by atoms with E-state index in [1.165, 1.54) is 35.1 Å². The Kier molecular flexibility index (Phi) is 4.40. The van der Waals surface area contributed by atoms with Crippen LogP contribution in [0.25, 0.3) is 0 Å². The molecule has 1 saturated carbocycles. The molecule has 0 radical (unpaired) electrons. The number of rotatable bonds is 6. The van der Waals surface area contributed by atoms with E-state index in [4.69, 9.17) is 0 Å². The summed E-state index contributed by atoms with van der Waals surface area (Å²) in [7, 11) is 0. The van der Waals surface area contributed by atoms with E-state index >= 15 is 0 Å². The van der Waals surface area contributed by atoms with Crippen LogP contribution in [0.2, 0.25) is 0 Å². The predicted molar refractivity (Wildman–Crippen MR) is 89.5 cm³/mol. The lowest BCUT2D eigenvalue weighted by molar-refractivity contribution is 0.519. The third-order valence-electron chi connectivity index (χ3n) is 4.44. The highest BCUT2D eigenvalue weighted by atomic mass is 14.9. The zero-order valence-electron chi connectivity index (χ0n) is 13.1. The summed E-state index contributed by atoms with van der Waals surface area (Å²) in [6.07, 6.45) is 3.86. The molecule has 0 spiro atoms. The molecule has 3 rings (SSSR count). The average Bonchev–Trinajstić information content (AvgIpc) is 3.35. The molecule has 1 aliphatic rings. The average molecular weight is 279 g/mol. The van der Waals surface area contributed by atoms with E-state index < -0.39 is 0 Å². The molecule has 0 heterocycles. The van der Waals surface area contributed by atoms with Crippen LogP contribution in [0.1, 0.15) is 60.4 Å². The second-order valence-electron chi connectivity index (χ2n) is 6.27. The van der Waals surface area contributed by atoms with Gasteiger partial charge in [0.05, 0.1) is 0 Å². The summed E-state index contributed by atoms with van der Waals surface area (Å²) in [6, 6.07) is 18.4. The molecule has 1 N–H and O–H groups in total.